The Hall–Kier alpha value is -0.120. The minimum atomic E-state index is -0.470. The molecule has 98 valence electrons. The summed E-state index contributed by atoms with van der Waals surface area (Å²) in [7, 11) is 8.34. The van der Waals surface area contributed by atoms with Gasteiger partial charge in [0, 0.05) is 0 Å². The van der Waals surface area contributed by atoms with Crippen molar-refractivity contribution in [1.29, 1.82) is 0 Å². The lowest BCUT2D eigenvalue weighted by molar-refractivity contribution is 0.0353. The van der Waals surface area contributed by atoms with Crippen molar-refractivity contribution in [1.82, 2.24) is 9.80 Å². The highest BCUT2D eigenvalue weighted by atomic mass is 16.3. The maximum atomic E-state index is 10.2. The average molecular weight is 230 g/mol. The summed E-state index contributed by atoms with van der Waals surface area (Å²) in [5, 5.41) is 10.2. The molecule has 0 aliphatic heterocycles. The van der Waals surface area contributed by atoms with Crippen LogP contribution in [0, 0.1) is 0 Å². The minimum Gasteiger partial charge on any atom is -0.390 e. The fourth-order valence-electron chi connectivity index (χ4n) is 1.83. The molecule has 0 radical (unpaired) electrons. The van der Waals surface area contributed by atoms with Crippen molar-refractivity contribution in [2.75, 3.05) is 41.3 Å². The van der Waals surface area contributed by atoms with Crippen LogP contribution < -0.4 is 0 Å². The van der Waals surface area contributed by atoms with Crippen molar-refractivity contribution in [3.05, 3.63) is 0 Å². The predicted molar refractivity (Wildman–Crippen MR) is 70.8 cm³/mol. The molecule has 0 fully saturated rings. The molecular weight excluding hydrogens is 200 g/mol. The van der Waals surface area contributed by atoms with Crippen LogP contribution in [0.5, 0.6) is 0 Å². The number of nitrogens with zero attached hydrogens (tertiary/aromatic N) is 2. The Labute approximate surface area is 101 Å². The zero-order valence-electron chi connectivity index (χ0n) is 11.8. The molecule has 0 saturated heterocycles. The number of unbranched alkanes of at least 4 members (excludes halogenated alkanes) is 1. The highest BCUT2D eigenvalue weighted by Crippen LogP contribution is 2.19. The Bertz CT molecular complexity index is 167. The molecule has 0 aliphatic rings. The second-order valence-corrected chi connectivity index (χ2v) is 5.66. The van der Waals surface area contributed by atoms with Crippen LogP contribution in [-0.2, 0) is 0 Å². The number of aliphatic hydroxyl groups is 1. The molecule has 0 aromatic carbocycles. The second kappa shape index (κ2) is 8.04. The first-order valence-electron chi connectivity index (χ1n) is 6.35. The summed E-state index contributed by atoms with van der Waals surface area (Å²) in [6.45, 7) is 4.15. The first kappa shape index (κ1) is 15.9. The SMILES string of the molecule is CN(C)CCCCC(C)(O)CCCN(C)C. The summed E-state index contributed by atoms with van der Waals surface area (Å²) in [6, 6.07) is 0. The highest BCUT2D eigenvalue weighted by Gasteiger charge is 2.18. The molecule has 16 heavy (non-hydrogen) atoms. The molecule has 3 nitrogen and oxygen atoms in total. The van der Waals surface area contributed by atoms with Crippen LogP contribution in [-0.4, -0.2) is 61.8 Å². The summed E-state index contributed by atoms with van der Waals surface area (Å²) in [4.78, 5) is 4.36. The summed E-state index contributed by atoms with van der Waals surface area (Å²) in [6.07, 6.45) is 5.21. The molecule has 0 saturated carbocycles. The zero-order valence-corrected chi connectivity index (χ0v) is 11.8. The third-order valence-corrected chi connectivity index (χ3v) is 2.89. The predicted octanol–water partition coefficient (Wildman–Crippen LogP) is 1.81. The topological polar surface area (TPSA) is 26.7 Å². The molecule has 0 aromatic heterocycles. The van der Waals surface area contributed by atoms with E-state index in [2.05, 4.69) is 38.0 Å². The van der Waals surface area contributed by atoms with Crippen molar-refractivity contribution in [3.8, 4) is 0 Å². The van der Waals surface area contributed by atoms with E-state index < -0.39 is 5.60 Å². The fourth-order valence-corrected chi connectivity index (χ4v) is 1.83. The number of hydrogen-bond acceptors (Lipinski definition) is 3. The highest BCUT2D eigenvalue weighted by molar-refractivity contribution is 4.72. The van der Waals surface area contributed by atoms with Crippen molar-refractivity contribution < 1.29 is 5.11 Å². The van der Waals surface area contributed by atoms with E-state index in [4.69, 9.17) is 0 Å². The molecule has 0 aliphatic carbocycles. The van der Waals surface area contributed by atoms with Gasteiger partial charge in [-0.2, -0.15) is 0 Å². The van der Waals surface area contributed by atoms with Gasteiger partial charge in [0.2, 0.25) is 0 Å². The third kappa shape index (κ3) is 10.4. The van der Waals surface area contributed by atoms with Crippen LogP contribution in [0.2, 0.25) is 0 Å². The van der Waals surface area contributed by atoms with Gasteiger partial charge in [0.15, 0.2) is 0 Å². The van der Waals surface area contributed by atoms with Gasteiger partial charge in [-0.15, -0.1) is 0 Å². The van der Waals surface area contributed by atoms with Gasteiger partial charge in [0.1, 0.15) is 0 Å². The molecule has 0 heterocycles. The molecule has 0 aromatic rings. The second-order valence-electron chi connectivity index (χ2n) is 5.66. The number of rotatable bonds is 9. The van der Waals surface area contributed by atoms with Gasteiger partial charge in [0.05, 0.1) is 5.60 Å². The smallest absolute Gasteiger partial charge is 0.0620 e. The third-order valence-electron chi connectivity index (χ3n) is 2.89. The fraction of sp³-hybridized carbons (Fsp3) is 1.00. The van der Waals surface area contributed by atoms with Gasteiger partial charge in [-0.3, -0.25) is 0 Å². The zero-order chi connectivity index (χ0) is 12.6. The van der Waals surface area contributed by atoms with E-state index in [-0.39, 0.29) is 0 Å². The summed E-state index contributed by atoms with van der Waals surface area (Å²) < 4.78 is 0. The molecule has 0 bridgehead atoms. The normalized spacial score (nSPS) is 15.8. The Morgan fingerprint density at radius 1 is 0.812 bits per heavy atom. The monoisotopic (exact) mass is 230 g/mol. The van der Waals surface area contributed by atoms with E-state index in [9.17, 15) is 5.11 Å². The van der Waals surface area contributed by atoms with Gasteiger partial charge in [0.25, 0.3) is 0 Å². The molecule has 1 unspecified atom stereocenters. The van der Waals surface area contributed by atoms with Crippen LogP contribution in [0.15, 0.2) is 0 Å². The van der Waals surface area contributed by atoms with E-state index in [1.54, 1.807) is 0 Å². The van der Waals surface area contributed by atoms with E-state index in [0.29, 0.717) is 0 Å². The van der Waals surface area contributed by atoms with E-state index in [1.165, 1.54) is 6.42 Å². The average Bonchev–Trinajstić information content (AvgIpc) is 2.11. The first-order valence-corrected chi connectivity index (χ1v) is 6.35. The van der Waals surface area contributed by atoms with Crippen LogP contribution >= 0.6 is 0 Å². The largest absolute Gasteiger partial charge is 0.390 e. The Kier molecular flexibility index (Phi) is 7.98. The summed E-state index contributed by atoms with van der Waals surface area (Å²) in [5.74, 6) is 0. The Morgan fingerprint density at radius 2 is 1.25 bits per heavy atom. The lowest BCUT2D eigenvalue weighted by Crippen LogP contribution is -2.26. The molecule has 3 heteroatoms. The van der Waals surface area contributed by atoms with E-state index in [1.807, 2.05) is 6.92 Å². The maximum Gasteiger partial charge on any atom is 0.0620 e. The molecule has 1 N–H and O–H groups in total. The lowest BCUT2D eigenvalue weighted by atomic mass is 9.93. The summed E-state index contributed by atoms with van der Waals surface area (Å²) in [5.41, 5.74) is -0.470. The van der Waals surface area contributed by atoms with Crippen LogP contribution in [0.25, 0.3) is 0 Å². The Morgan fingerprint density at radius 3 is 1.75 bits per heavy atom. The van der Waals surface area contributed by atoms with Crippen molar-refractivity contribution in [2.45, 2.75) is 44.6 Å². The van der Waals surface area contributed by atoms with Gasteiger partial charge in [-0.1, -0.05) is 0 Å². The number of hydrogen-bond donors (Lipinski definition) is 1. The van der Waals surface area contributed by atoms with Crippen molar-refractivity contribution >= 4 is 0 Å². The van der Waals surface area contributed by atoms with Crippen LogP contribution in [0.1, 0.15) is 39.0 Å². The quantitative estimate of drug-likeness (QED) is 0.612. The van der Waals surface area contributed by atoms with Gasteiger partial charge in [-0.25, -0.2) is 0 Å². The van der Waals surface area contributed by atoms with Crippen molar-refractivity contribution in [2.24, 2.45) is 0 Å². The minimum absolute atomic E-state index is 0.470. The summed E-state index contributed by atoms with van der Waals surface area (Å²) >= 11 is 0. The van der Waals surface area contributed by atoms with Gasteiger partial charge in [-0.05, 0) is 80.3 Å². The Balaban J connectivity index is 3.53. The van der Waals surface area contributed by atoms with Crippen LogP contribution in [0.3, 0.4) is 0 Å². The van der Waals surface area contributed by atoms with Gasteiger partial charge >= 0.3 is 0 Å². The lowest BCUT2D eigenvalue weighted by Gasteiger charge is -2.24. The van der Waals surface area contributed by atoms with E-state index >= 15 is 0 Å². The molecule has 0 rings (SSSR count). The first-order chi connectivity index (χ1) is 7.33. The molecule has 0 spiro atoms. The van der Waals surface area contributed by atoms with E-state index in [0.717, 1.165) is 38.8 Å². The molecule has 1 atom stereocenters. The molecule has 0 amide bonds. The molecular formula is C13H30N2O. The van der Waals surface area contributed by atoms with Crippen molar-refractivity contribution in [3.63, 3.8) is 0 Å². The van der Waals surface area contributed by atoms with Gasteiger partial charge < -0.3 is 14.9 Å². The maximum absolute atomic E-state index is 10.2. The van der Waals surface area contributed by atoms with Crippen LogP contribution in [0.4, 0.5) is 0 Å². The standard InChI is InChI=1S/C13H30N2O/c1-13(16,10-8-12-15(4)5)9-6-7-11-14(2)3/h16H,6-12H2,1-5H3.